The van der Waals surface area contributed by atoms with Crippen molar-refractivity contribution in [2.75, 3.05) is 0 Å². The Hall–Kier alpha value is -1.33. The summed E-state index contributed by atoms with van der Waals surface area (Å²) >= 11 is 0. The maximum absolute atomic E-state index is 9.87. The number of aryl methyl sites for hydroxylation is 2. The summed E-state index contributed by atoms with van der Waals surface area (Å²) < 4.78 is 0. The van der Waals surface area contributed by atoms with E-state index in [-0.39, 0.29) is 5.92 Å². The first kappa shape index (κ1) is 10.7. The molecule has 2 atom stereocenters. The molecule has 0 bridgehead atoms. The van der Waals surface area contributed by atoms with E-state index in [0.717, 1.165) is 16.7 Å². The molecule has 2 nitrogen and oxygen atoms in total. The van der Waals surface area contributed by atoms with Crippen molar-refractivity contribution in [3.05, 3.63) is 34.9 Å². The van der Waals surface area contributed by atoms with Crippen LogP contribution in [-0.4, -0.2) is 5.11 Å². The van der Waals surface area contributed by atoms with E-state index in [9.17, 15) is 5.11 Å². The molecule has 0 spiro atoms. The highest BCUT2D eigenvalue weighted by molar-refractivity contribution is 5.32. The van der Waals surface area contributed by atoms with Crippen molar-refractivity contribution in [1.29, 1.82) is 5.26 Å². The van der Waals surface area contributed by atoms with Gasteiger partial charge < -0.3 is 5.11 Å². The number of hydrogen-bond acceptors (Lipinski definition) is 2. The quantitative estimate of drug-likeness (QED) is 0.776. The van der Waals surface area contributed by atoms with Crippen LogP contribution in [0.15, 0.2) is 18.2 Å². The van der Waals surface area contributed by atoms with Gasteiger partial charge in [-0.2, -0.15) is 5.26 Å². The molecule has 1 rings (SSSR count). The van der Waals surface area contributed by atoms with Gasteiger partial charge in [0.1, 0.15) is 0 Å². The van der Waals surface area contributed by atoms with E-state index in [4.69, 9.17) is 5.26 Å². The minimum atomic E-state index is -0.681. The van der Waals surface area contributed by atoms with E-state index in [1.807, 2.05) is 32.0 Å². The number of benzene rings is 1. The zero-order valence-electron chi connectivity index (χ0n) is 8.78. The Kier molecular flexibility index (Phi) is 3.27. The van der Waals surface area contributed by atoms with E-state index >= 15 is 0 Å². The SMILES string of the molecule is Cc1ccc(C)c(C(O)C(C)C#N)c1. The molecular formula is C12H15NO. The van der Waals surface area contributed by atoms with Gasteiger partial charge in [0.05, 0.1) is 18.1 Å². The van der Waals surface area contributed by atoms with Crippen LogP contribution in [0.5, 0.6) is 0 Å². The van der Waals surface area contributed by atoms with Gasteiger partial charge in [0.25, 0.3) is 0 Å². The minimum absolute atomic E-state index is 0.365. The Morgan fingerprint density at radius 3 is 2.57 bits per heavy atom. The highest BCUT2D eigenvalue weighted by atomic mass is 16.3. The van der Waals surface area contributed by atoms with Crippen LogP contribution in [0, 0.1) is 31.1 Å². The summed E-state index contributed by atoms with van der Waals surface area (Å²) in [5.41, 5.74) is 3.00. The third-order valence-corrected chi connectivity index (χ3v) is 2.43. The summed E-state index contributed by atoms with van der Waals surface area (Å²) in [7, 11) is 0. The molecule has 0 aliphatic rings. The monoisotopic (exact) mass is 189 g/mol. The van der Waals surface area contributed by atoms with Crippen LogP contribution in [0.2, 0.25) is 0 Å². The molecule has 14 heavy (non-hydrogen) atoms. The summed E-state index contributed by atoms with van der Waals surface area (Å²) in [6.07, 6.45) is -0.681. The summed E-state index contributed by atoms with van der Waals surface area (Å²) in [6, 6.07) is 7.97. The van der Waals surface area contributed by atoms with Crippen LogP contribution in [-0.2, 0) is 0 Å². The van der Waals surface area contributed by atoms with E-state index < -0.39 is 6.10 Å². The number of nitriles is 1. The van der Waals surface area contributed by atoms with E-state index in [1.54, 1.807) is 6.92 Å². The number of hydrogen-bond donors (Lipinski definition) is 1. The van der Waals surface area contributed by atoms with Crippen molar-refractivity contribution < 1.29 is 5.11 Å². The van der Waals surface area contributed by atoms with Gasteiger partial charge in [-0.25, -0.2) is 0 Å². The van der Waals surface area contributed by atoms with Crippen molar-refractivity contribution in [2.24, 2.45) is 5.92 Å². The molecule has 0 saturated heterocycles. The summed E-state index contributed by atoms with van der Waals surface area (Å²) in [6.45, 7) is 5.65. The molecule has 1 N–H and O–H groups in total. The molecule has 0 heterocycles. The molecule has 0 aliphatic carbocycles. The lowest BCUT2D eigenvalue weighted by molar-refractivity contribution is 0.142. The summed E-state index contributed by atoms with van der Waals surface area (Å²) in [5.74, 6) is -0.365. The molecule has 0 aromatic heterocycles. The molecule has 2 unspecified atom stereocenters. The maximum atomic E-state index is 9.87. The smallest absolute Gasteiger partial charge is 0.0948 e. The topological polar surface area (TPSA) is 44.0 Å². The largest absolute Gasteiger partial charge is 0.387 e. The predicted octanol–water partition coefficient (Wildman–Crippen LogP) is 2.50. The van der Waals surface area contributed by atoms with Gasteiger partial charge in [0.2, 0.25) is 0 Å². The number of nitrogens with zero attached hydrogens (tertiary/aromatic N) is 1. The Bertz CT molecular complexity index is 365. The van der Waals surface area contributed by atoms with Gasteiger partial charge in [-0.1, -0.05) is 23.8 Å². The first-order valence-electron chi connectivity index (χ1n) is 4.71. The number of aliphatic hydroxyl groups is 1. The summed E-state index contributed by atoms with van der Waals surface area (Å²) in [5, 5.41) is 18.6. The highest BCUT2D eigenvalue weighted by Gasteiger charge is 2.17. The van der Waals surface area contributed by atoms with E-state index in [1.165, 1.54) is 0 Å². The third-order valence-electron chi connectivity index (χ3n) is 2.43. The highest BCUT2D eigenvalue weighted by Crippen LogP contribution is 2.25. The van der Waals surface area contributed by atoms with Gasteiger partial charge >= 0.3 is 0 Å². The van der Waals surface area contributed by atoms with Crippen molar-refractivity contribution in [2.45, 2.75) is 26.9 Å². The average molecular weight is 189 g/mol. The Morgan fingerprint density at radius 1 is 1.36 bits per heavy atom. The normalized spacial score (nSPS) is 14.5. The molecular weight excluding hydrogens is 174 g/mol. The van der Waals surface area contributed by atoms with Crippen molar-refractivity contribution >= 4 is 0 Å². The molecule has 0 radical (unpaired) electrons. The third kappa shape index (κ3) is 2.12. The molecule has 1 aromatic rings. The molecule has 0 fully saturated rings. The molecule has 1 aromatic carbocycles. The lowest BCUT2D eigenvalue weighted by Crippen LogP contribution is -2.08. The second-order valence-electron chi connectivity index (χ2n) is 3.72. The van der Waals surface area contributed by atoms with Gasteiger partial charge in [-0.05, 0) is 31.9 Å². The maximum Gasteiger partial charge on any atom is 0.0948 e. The first-order chi connectivity index (χ1) is 6.56. The Labute approximate surface area is 84.8 Å². The van der Waals surface area contributed by atoms with E-state index in [2.05, 4.69) is 6.07 Å². The number of aliphatic hydroxyl groups excluding tert-OH is 1. The van der Waals surface area contributed by atoms with Crippen LogP contribution >= 0.6 is 0 Å². The Balaban J connectivity index is 3.07. The van der Waals surface area contributed by atoms with Gasteiger partial charge in [0.15, 0.2) is 0 Å². The van der Waals surface area contributed by atoms with Crippen LogP contribution in [0.1, 0.15) is 29.7 Å². The van der Waals surface area contributed by atoms with Crippen molar-refractivity contribution in [1.82, 2.24) is 0 Å². The number of rotatable bonds is 2. The predicted molar refractivity (Wildman–Crippen MR) is 55.7 cm³/mol. The van der Waals surface area contributed by atoms with Crippen LogP contribution in [0.4, 0.5) is 0 Å². The minimum Gasteiger partial charge on any atom is -0.387 e. The molecule has 0 saturated carbocycles. The van der Waals surface area contributed by atoms with Gasteiger partial charge in [-0.3, -0.25) is 0 Å². The van der Waals surface area contributed by atoms with Gasteiger partial charge in [0, 0.05) is 0 Å². The first-order valence-corrected chi connectivity index (χ1v) is 4.71. The second-order valence-corrected chi connectivity index (χ2v) is 3.72. The lowest BCUT2D eigenvalue weighted by Gasteiger charge is -2.15. The van der Waals surface area contributed by atoms with Crippen LogP contribution in [0.25, 0.3) is 0 Å². The zero-order valence-corrected chi connectivity index (χ0v) is 8.78. The van der Waals surface area contributed by atoms with Crippen molar-refractivity contribution in [3.63, 3.8) is 0 Å². The lowest BCUT2D eigenvalue weighted by atomic mass is 9.94. The van der Waals surface area contributed by atoms with Gasteiger partial charge in [-0.15, -0.1) is 0 Å². The molecule has 0 aliphatic heterocycles. The fraction of sp³-hybridized carbons (Fsp3) is 0.417. The fourth-order valence-electron chi connectivity index (χ4n) is 1.42. The van der Waals surface area contributed by atoms with Crippen LogP contribution in [0.3, 0.4) is 0 Å². The molecule has 0 amide bonds. The Morgan fingerprint density at radius 2 is 2.00 bits per heavy atom. The average Bonchev–Trinajstić information content (AvgIpc) is 2.19. The molecule has 2 heteroatoms. The molecule has 74 valence electrons. The van der Waals surface area contributed by atoms with E-state index in [0.29, 0.717) is 0 Å². The summed E-state index contributed by atoms with van der Waals surface area (Å²) in [4.78, 5) is 0. The standard InChI is InChI=1S/C12H15NO/c1-8-4-5-9(2)11(6-8)12(14)10(3)7-13/h4-6,10,12,14H,1-3H3. The van der Waals surface area contributed by atoms with Crippen LogP contribution < -0.4 is 0 Å². The zero-order chi connectivity index (χ0) is 10.7. The van der Waals surface area contributed by atoms with Crippen molar-refractivity contribution in [3.8, 4) is 6.07 Å². The second kappa shape index (κ2) is 4.26. The fourth-order valence-corrected chi connectivity index (χ4v) is 1.42.